The SMILES string of the molecule is C=CC(=O)Nc1cc(Nc2cc(N3OCCC3c3ccc4ccccc4c3)ncn2)c(OC)cc1N1CCN(C)CC1. The van der Waals surface area contributed by atoms with Gasteiger partial charge in [0.25, 0.3) is 0 Å². The molecule has 1 amide bonds. The number of hydrogen-bond acceptors (Lipinski definition) is 9. The highest BCUT2D eigenvalue weighted by Gasteiger charge is 2.29. The quantitative estimate of drug-likeness (QED) is 0.282. The second kappa shape index (κ2) is 12.1. The summed E-state index contributed by atoms with van der Waals surface area (Å²) in [6, 6.07) is 20.6. The van der Waals surface area contributed by atoms with Gasteiger partial charge in [-0.1, -0.05) is 43.0 Å². The Bertz CT molecular complexity index is 1600. The second-order valence-corrected chi connectivity index (χ2v) is 10.5. The molecule has 10 heteroatoms. The molecule has 2 saturated heterocycles. The van der Waals surface area contributed by atoms with Crippen LogP contribution in [0.25, 0.3) is 10.8 Å². The Kier molecular flexibility index (Phi) is 7.89. The highest BCUT2D eigenvalue weighted by molar-refractivity contribution is 6.02. The predicted molar refractivity (Wildman–Crippen MR) is 167 cm³/mol. The van der Waals surface area contributed by atoms with Crippen molar-refractivity contribution in [2.45, 2.75) is 12.5 Å². The van der Waals surface area contributed by atoms with E-state index in [0.29, 0.717) is 35.4 Å². The molecule has 3 heterocycles. The fourth-order valence-electron chi connectivity index (χ4n) is 5.52. The van der Waals surface area contributed by atoms with Gasteiger partial charge in [-0.2, -0.15) is 0 Å². The second-order valence-electron chi connectivity index (χ2n) is 10.5. The summed E-state index contributed by atoms with van der Waals surface area (Å²) in [5.41, 5.74) is 3.39. The normalized spacial score (nSPS) is 17.3. The number of aromatic nitrogens is 2. The number of methoxy groups -OCH3 is 1. The van der Waals surface area contributed by atoms with Gasteiger partial charge in [-0.15, -0.1) is 0 Å². The highest BCUT2D eigenvalue weighted by atomic mass is 16.7. The van der Waals surface area contributed by atoms with Gasteiger partial charge < -0.3 is 25.2 Å². The van der Waals surface area contributed by atoms with Crippen LogP contribution in [0.2, 0.25) is 0 Å². The number of carbonyl (C=O) groups excluding carboxylic acids is 1. The number of nitrogens with zero attached hydrogens (tertiary/aromatic N) is 5. The molecule has 4 aromatic rings. The van der Waals surface area contributed by atoms with E-state index in [2.05, 4.69) is 80.4 Å². The maximum Gasteiger partial charge on any atom is 0.247 e. The van der Waals surface area contributed by atoms with Crippen LogP contribution in [0.3, 0.4) is 0 Å². The minimum atomic E-state index is -0.281. The molecule has 1 unspecified atom stereocenters. The third-order valence-corrected chi connectivity index (χ3v) is 7.81. The lowest BCUT2D eigenvalue weighted by Crippen LogP contribution is -2.44. The van der Waals surface area contributed by atoms with Crippen molar-refractivity contribution in [3.8, 4) is 5.75 Å². The van der Waals surface area contributed by atoms with Crippen molar-refractivity contribution in [3.63, 3.8) is 0 Å². The fourth-order valence-corrected chi connectivity index (χ4v) is 5.52. The largest absolute Gasteiger partial charge is 0.494 e. The smallest absolute Gasteiger partial charge is 0.247 e. The van der Waals surface area contributed by atoms with Crippen molar-refractivity contribution >= 4 is 45.4 Å². The molecule has 2 N–H and O–H groups in total. The van der Waals surface area contributed by atoms with E-state index in [1.54, 1.807) is 7.11 Å². The number of amides is 1. The van der Waals surface area contributed by atoms with E-state index in [-0.39, 0.29) is 11.9 Å². The fraction of sp³-hybridized carbons (Fsp3) is 0.281. The van der Waals surface area contributed by atoms with Crippen molar-refractivity contribution in [2.75, 3.05) is 67.5 Å². The molecule has 0 aliphatic carbocycles. The molecule has 1 aromatic heterocycles. The summed E-state index contributed by atoms with van der Waals surface area (Å²) in [6.45, 7) is 7.75. The number of anilines is 5. The van der Waals surface area contributed by atoms with E-state index < -0.39 is 0 Å². The summed E-state index contributed by atoms with van der Waals surface area (Å²) in [5.74, 6) is 1.57. The predicted octanol–water partition coefficient (Wildman–Crippen LogP) is 5.14. The summed E-state index contributed by atoms with van der Waals surface area (Å²) in [7, 11) is 3.74. The molecule has 2 fully saturated rings. The van der Waals surface area contributed by atoms with Gasteiger partial charge in [-0.3, -0.25) is 9.63 Å². The molecule has 42 heavy (non-hydrogen) atoms. The monoisotopic (exact) mass is 565 g/mol. The van der Waals surface area contributed by atoms with Gasteiger partial charge in [0.15, 0.2) is 5.82 Å². The van der Waals surface area contributed by atoms with E-state index in [1.165, 1.54) is 28.7 Å². The van der Waals surface area contributed by atoms with Crippen LogP contribution in [0.5, 0.6) is 5.75 Å². The third-order valence-electron chi connectivity index (χ3n) is 7.81. The van der Waals surface area contributed by atoms with Crippen LogP contribution >= 0.6 is 0 Å². The zero-order valence-corrected chi connectivity index (χ0v) is 23.9. The Morgan fingerprint density at radius 3 is 2.62 bits per heavy atom. The van der Waals surface area contributed by atoms with Crippen LogP contribution in [0.15, 0.2) is 79.6 Å². The van der Waals surface area contributed by atoms with E-state index in [4.69, 9.17) is 9.57 Å². The van der Waals surface area contributed by atoms with Crippen LogP contribution in [0, 0.1) is 0 Å². The molecule has 0 radical (unpaired) electrons. The number of carbonyl (C=O) groups is 1. The number of hydrogen-bond donors (Lipinski definition) is 2. The summed E-state index contributed by atoms with van der Waals surface area (Å²) < 4.78 is 5.79. The molecular weight excluding hydrogens is 530 g/mol. The topological polar surface area (TPSA) is 95.1 Å². The average molecular weight is 566 g/mol. The Morgan fingerprint density at radius 1 is 1.02 bits per heavy atom. The minimum Gasteiger partial charge on any atom is -0.494 e. The molecule has 6 rings (SSSR count). The number of fused-ring (bicyclic) bond motifs is 1. The van der Waals surface area contributed by atoms with Gasteiger partial charge in [0, 0.05) is 44.7 Å². The van der Waals surface area contributed by atoms with E-state index in [9.17, 15) is 4.79 Å². The molecule has 3 aromatic carbocycles. The summed E-state index contributed by atoms with van der Waals surface area (Å²) in [4.78, 5) is 32.0. The first-order chi connectivity index (χ1) is 20.5. The Hall–Kier alpha value is -4.67. The number of nitrogens with one attached hydrogen (secondary N) is 2. The van der Waals surface area contributed by atoms with Crippen molar-refractivity contribution in [2.24, 2.45) is 0 Å². The zero-order chi connectivity index (χ0) is 29.1. The Morgan fingerprint density at radius 2 is 1.83 bits per heavy atom. The maximum atomic E-state index is 12.4. The first-order valence-electron chi connectivity index (χ1n) is 14.1. The first-order valence-corrected chi connectivity index (χ1v) is 14.1. The van der Waals surface area contributed by atoms with Gasteiger partial charge in [-0.25, -0.2) is 15.0 Å². The average Bonchev–Trinajstić information content (AvgIpc) is 3.52. The molecule has 1 atom stereocenters. The lowest BCUT2D eigenvalue weighted by atomic mass is 10.0. The lowest BCUT2D eigenvalue weighted by Gasteiger charge is -2.35. The summed E-state index contributed by atoms with van der Waals surface area (Å²) >= 11 is 0. The Labute approximate surface area is 245 Å². The van der Waals surface area contributed by atoms with Crippen LogP contribution in [-0.2, 0) is 9.63 Å². The van der Waals surface area contributed by atoms with E-state index in [0.717, 1.165) is 38.3 Å². The van der Waals surface area contributed by atoms with Crippen LogP contribution in [0.1, 0.15) is 18.0 Å². The zero-order valence-electron chi connectivity index (χ0n) is 23.9. The van der Waals surface area contributed by atoms with Crippen molar-refractivity contribution < 1.29 is 14.4 Å². The molecule has 10 nitrogen and oxygen atoms in total. The molecule has 216 valence electrons. The van der Waals surface area contributed by atoms with E-state index >= 15 is 0 Å². The Balaban J connectivity index is 1.29. The molecule has 0 saturated carbocycles. The van der Waals surface area contributed by atoms with Crippen LogP contribution < -0.4 is 25.3 Å². The molecule has 0 spiro atoms. The number of benzene rings is 3. The minimum absolute atomic E-state index is 0.0236. The molecule has 2 aliphatic heterocycles. The molecular formula is C32H35N7O3. The first kappa shape index (κ1) is 27.5. The van der Waals surface area contributed by atoms with Gasteiger partial charge in [0.1, 0.15) is 17.9 Å². The van der Waals surface area contributed by atoms with Crippen molar-refractivity contribution in [1.82, 2.24) is 14.9 Å². The van der Waals surface area contributed by atoms with Gasteiger partial charge >= 0.3 is 0 Å². The lowest BCUT2D eigenvalue weighted by molar-refractivity contribution is -0.111. The number of ether oxygens (including phenoxy) is 1. The van der Waals surface area contributed by atoms with Crippen molar-refractivity contribution in [1.29, 1.82) is 0 Å². The van der Waals surface area contributed by atoms with Crippen molar-refractivity contribution in [3.05, 3.63) is 85.2 Å². The van der Waals surface area contributed by atoms with Gasteiger partial charge in [0.05, 0.1) is 36.8 Å². The molecule has 0 bridgehead atoms. The maximum absolute atomic E-state index is 12.4. The van der Waals surface area contributed by atoms with Gasteiger partial charge in [-0.05, 0) is 41.6 Å². The number of piperazine rings is 1. The summed E-state index contributed by atoms with van der Waals surface area (Å²) in [6.07, 6.45) is 3.63. The van der Waals surface area contributed by atoms with Crippen LogP contribution in [0.4, 0.5) is 28.7 Å². The number of hydroxylamine groups is 1. The van der Waals surface area contributed by atoms with Gasteiger partial charge in [0.2, 0.25) is 5.91 Å². The highest BCUT2D eigenvalue weighted by Crippen LogP contribution is 2.40. The number of rotatable bonds is 8. The standard InChI is InChI=1S/C32H35N7O3/c1-4-32(40)36-25-18-26(29(41-3)19-28(25)38-14-12-37(2)13-15-38)35-30-20-31(34-21-33-30)39-27(11-16-42-39)24-10-9-22-7-5-6-8-23(22)17-24/h4-10,17-21,27H,1,11-16H2,2-3H3,(H,36,40)(H,33,34,35). The van der Waals surface area contributed by atoms with E-state index in [1.807, 2.05) is 29.3 Å². The number of likely N-dealkylation sites (N-methyl/N-ethyl adjacent to an activating group) is 1. The third kappa shape index (κ3) is 5.72. The molecule has 2 aliphatic rings. The van der Waals surface area contributed by atoms with Crippen LogP contribution in [-0.4, -0.2) is 67.7 Å². The summed E-state index contributed by atoms with van der Waals surface area (Å²) in [5, 5.41) is 10.6.